The molecule has 0 spiro atoms. The van der Waals surface area contributed by atoms with Gasteiger partial charge in [-0.05, 0) is 31.2 Å². The number of aromatic nitrogens is 2. The molecule has 8 heteroatoms. The quantitative estimate of drug-likeness (QED) is 0.819. The highest BCUT2D eigenvalue weighted by molar-refractivity contribution is 7.98. The Morgan fingerprint density at radius 1 is 1.24 bits per heavy atom. The first-order chi connectivity index (χ1) is 12.1. The molecule has 2 aromatic rings. The van der Waals surface area contributed by atoms with Crippen LogP contribution in [0.15, 0.2) is 41.4 Å². The van der Waals surface area contributed by atoms with Gasteiger partial charge in [0.05, 0.1) is 22.7 Å². The molecule has 0 unspecified atom stereocenters. The number of likely N-dealkylation sites (tertiary alicyclic amines) is 1. The van der Waals surface area contributed by atoms with Crippen molar-refractivity contribution in [1.82, 2.24) is 14.7 Å². The van der Waals surface area contributed by atoms with Gasteiger partial charge >= 0.3 is 12.0 Å². The summed E-state index contributed by atoms with van der Waals surface area (Å²) in [5.74, 6) is -0.517. The number of hydrogen-bond acceptors (Lipinski definition) is 4. The maximum Gasteiger partial charge on any atom is 0.323 e. The number of urea groups is 1. The molecule has 1 aliphatic rings. The first-order valence-electron chi connectivity index (χ1n) is 8.06. The normalized spacial score (nSPS) is 15.2. The fourth-order valence-electron chi connectivity index (χ4n) is 2.87. The van der Waals surface area contributed by atoms with Crippen LogP contribution in [0.2, 0.25) is 0 Å². The van der Waals surface area contributed by atoms with Crippen LogP contribution in [-0.2, 0) is 4.79 Å². The van der Waals surface area contributed by atoms with E-state index in [1.165, 1.54) is 11.8 Å². The average molecular weight is 360 g/mol. The molecule has 7 nitrogen and oxygen atoms in total. The number of anilines is 1. The number of nitrogens with one attached hydrogen (secondary N) is 1. The topological polar surface area (TPSA) is 87.5 Å². The molecule has 2 amide bonds. The van der Waals surface area contributed by atoms with E-state index in [4.69, 9.17) is 5.11 Å². The summed E-state index contributed by atoms with van der Waals surface area (Å²) in [6.45, 7) is 0.883. The summed E-state index contributed by atoms with van der Waals surface area (Å²) < 4.78 is 1.70. The van der Waals surface area contributed by atoms with E-state index in [9.17, 15) is 9.59 Å². The van der Waals surface area contributed by atoms with Gasteiger partial charge in [-0.25, -0.2) is 9.48 Å². The van der Waals surface area contributed by atoms with Gasteiger partial charge in [0.2, 0.25) is 0 Å². The summed E-state index contributed by atoms with van der Waals surface area (Å²) in [7, 11) is 0. The highest BCUT2D eigenvalue weighted by Gasteiger charge is 2.28. The zero-order valence-electron chi connectivity index (χ0n) is 13.9. The second-order valence-corrected chi connectivity index (χ2v) is 6.69. The van der Waals surface area contributed by atoms with E-state index >= 15 is 0 Å². The minimum Gasteiger partial charge on any atom is -0.481 e. The number of benzene rings is 1. The van der Waals surface area contributed by atoms with E-state index in [-0.39, 0.29) is 11.9 Å². The van der Waals surface area contributed by atoms with Gasteiger partial charge in [-0.15, -0.1) is 11.8 Å². The van der Waals surface area contributed by atoms with E-state index in [1.54, 1.807) is 15.8 Å². The van der Waals surface area contributed by atoms with Gasteiger partial charge in [-0.3, -0.25) is 10.1 Å². The number of carbonyl (C=O) groups excluding carboxylic acids is 1. The number of amides is 2. The Labute approximate surface area is 150 Å². The fourth-order valence-corrected chi connectivity index (χ4v) is 3.36. The molecule has 0 atom stereocenters. The number of nitrogens with zero attached hydrogens (tertiary/aromatic N) is 3. The molecule has 0 aliphatic carbocycles. The minimum absolute atomic E-state index is 0.225. The van der Waals surface area contributed by atoms with Gasteiger partial charge in [0.25, 0.3) is 0 Å². The number of thioether (sulfide) groups is 1. The number of carbonyl (C=O) groups is 2. The second-order valence-electron chi connectivity index (χ2n) is 5.84. The maximum atomic E-state index is 12.6. The average Bonchev–Trinajstić information content (AvgIpc) is 3.05. The monoisotopic (exact) mass is 360 g/mol. The summed E-state index contributed by atoms with van der Waals surface area (Å²) in [6, 6.07) is 9.37. The third-order valence-corrected chi connectivity index (χ3v) is 5.05. The van der Waals surface area contributed by atoms with E-state index in [0.717, 1.165) is 10.6 Å². The van der Waals surface area contributed by atoms with Gasteiger partial charge in [-0.2, -0.15) is 5.10 Å². The van der Waals surface area contributed by atoms with Gasteiger partial charge in [0, 0.05) is 13.1 Å². The lowest BCUT2D eigenvalue weighted by Gasteiger charge is -2.30. The molecule has 1 aliphatic heterocycles. The Morgan fingerprint density at radius 3 is 2.52 bits per heavy atom. The third-order valence-electron chi connectivity index (χ3n) is 4.31. The van der Waals surface area contributed by atoms with Crippen molar-refractivity contribution >= 4 is 29.6 Å². The first-order valence-corrected chi connectivity index (χ1v) is 9.28. The smallest absolute Gasteiger partial charge is 0.323 e. The molecule has 2 heterocycles. The van der Waals surface area contributed by atoms with Crippen molar-refractivity contribution < 1.29 is 14.7 Å². The largest absolute Gasteiger partial charge is 0.481 e. The van der Waals surface area contributed by atoms with Crippen molar-refractivity contribution in [1.29, 1.82) is 0 Å². The van der Waals surface area contributed by atoms with Crippen molar-refractivity contribution in [2.24, 2.45) is 5.92 Å². The molecule has 25 heavy (non-hydrogen) atoms. The molecule has 0 bridgehead atoms. The zero-order valence-corrected chi connectivity index (χ0v) is 14.7. The molecule has 1 aromatic heterocycles. The number of rotatable bonds is 4. The molecule has 0 saturated carbocycles. The van der Waals surface area contributed by atoms with E-state index < -0.39 is 5.97 Å². The minimum atomic E-state index is -0.785. The summed E-state index contributed by atoms with van der Waals surface area (Å²) in [6.07, 6.45) is 4.62. The molecule has 0 radical (unpaired) electrons. The molecule has 1 fully saturated rings. The summed E-state index contributed by atoms with van der Waals surface area (Å²) in [5.41, 5.74) is 0.864. The predicted octanol–water partition coefficient (Wildman–Crippen LogP) is 2.92. The Morgan fingerprint density at radius 2 is 1.92 bits per heavy atom. The summed E-state index contributed by atoms with van der Waals surface area (Å²) in [4.78, 5) is 26.2. The van der Waals surface area contributed by atoms with Crippen molar-refractivity contribution in [3.05, 3.63) is 36.5 Å². The van der Waals surface area contributed by atoms with Crippen LogP contribution in [0.3, 0.4) is 0 Å². The molecule has 3 rings (SSSR count). The number of carboxylic acid groups (broad SMARTS) is 1. The van der Waals surface area contributed by atoms with E-state index in [1.807, 2.05) is 36.6 Å². The van der Waals surface area contributed by atoms with Gasteiger partial charge in [0.15, 0.2) is 5.82 Å². The van der Waals surface area contributed by atoms with Gasteiger partial charge in [0.1, 0.15) is 0 Å². The zero-order chi connectivity index (χ0) is 17.8. The molecule has 132 valence electrons. The summed E-state index contributed by atoms with van der Waals surface area (Å²) in [5, 5.41) is 16.4. The lowest BCUT2D eigenvalue weighted by atomic mass is 9.97. The van der Waals surface area contributed by atoms with Gasteiger partial charge in [-0.1, -0.05) is 18.2 Å². The maximum absolute atomic E-state index is 12.6. The first kappa shape index (κ1) is 17.3. The SMILES string of the molecule is CSc1cnn(-c2ccccc2)c1NC(=O)N1CCC(C(=O)O)CC1. The van der Waals surface area contributed by atoms with Crippen LogP contribution in [0.25, 0.3) is 5.69 Å². The number of para-hydroxylation sites is 1. The Kier molecular flexibility index (Phi) is 5.28. The molecule has 2 N–H and O–H groups in total. The van der Waals surface area contributed by atoms with Crippen LogP contribution in [0.1, 0.15) is 12.8 Å². The Bertz CT molecular complexity index is 755. The summed E-state index contributed by atoms with van der Waals surface area (Å²) >= 11 is 1.51. The molecular formula is C17H20N4O3S. The van der Waals surface area contributed by atoms with Crippen molar-refractivity contribution in [2.75, 3.05) is 24.7 Å². The fraction of sp³-hybridized carbons (Fsp3) is 0.353. The van der Waals surface area contributed by atoms with Crippen LogP contribution in [0, 0.1) is 5.92 Å². The predicted molar refractivity (Wildman–Crippen MR) is 96.3 cm³/mol. The lowest BCUT2D eigenvalue weighted by Crippen LogP contribution is -2.42. The standard InChI is InChI=1S/C17H20N4O3S/c1-25-14-11-18-21(13-5-3-2-4-6-13)15(14)19-17(24)20-9-7-12(8-10-20)16(22)23/h2-6,11-12H,7-10H2,1H3,(H,19,24)(H,22,23). The highest BCUT2D eigenvalue weighted by atomic mass is 32.2. The molecular weight excluding hydrogens is 340 g/mol. The van der Waals surface area contributed by atoms with Crippen molar-refractivity contribution in [3.63, 3.8) is 0 Å². The second kappa shape index (κ2) is 7.60. The number of hydrogen-bond donors (Lipinski definition) is 2. The number of aliphatic carboxylic acids is 1. The molecule has 1 aromatic carbocycles. The number of carboxylic acids is 1. The van der Waals surface area contributed by atoms with Crippen molar-refractivity contribution in [3.8, 4) is 5.69 Å². The van der Waals surface area contributed by atoms with Gasteiger partial charge < -0.3 is 10.0 Å². The van der Waals surface area contributed by atoms with Crippen LogP contribution in [0.4, 0.5) is 10.6 Å². The van der Waals surface area contributed by atoms with Crippen LogP contribution in [-0.4, -0.2) is 51.1 Å². The highest BCUT2D eigenvalue weighted by Crippen LogP contribution is 2.28. The molecule has 1 saturated heterocycles. The Balaban J connectivity index is 1.75. The van der Waals surface area contributed by atoms with Crippen LogP contribution < -0.4 is 5.32 Å². The van der Waals surface area contributed by atoms with E-state index in [0.29, 0.717) is 31.7 Å². The van der Waals surface area contributed by atoms with E-state index in [2.05, 4.69) is 10.4 Å². The van der Waals surface area contributed by atoms with Crippen LogP contribution >= 0.6 is 11.8 Å². The Hall–Kier alpha value is -2.48. The van der Waals surface area contributed by atoms with Crippen LogP contribution in [0.5, 0.6) is 0 Å². The third kappa shape index (κ3) is 3.79. The lowest BCUT2D eigenvalue weighted by molar-refractivity contribution is -0.143. The van der Waals surface area contributed by atoms with Crippen molar-refractivity contribution in [2.45, 2.75) is 17.7 Å². The number of piperidine rings is 1.